The maximum atomic E-state index is 12.6. The van der Waals surface area contributed by atoms with E-state index in [0.29, 0.717) is 36.9 Å². The molecule has 1 atom stereocenters. The lowest BCUT2D eigenvalue weighted by Crippen LogP contribution is -2.27. The Balaban J connectivity index is 1.62. The molecule has 6 nitrogen and oxygen atoms in total. The van der Waals surface area contributed by atoms with E-state index in [0.717, 1.165) is 11.1 Å². The third kappa shape index (κ3) is 3.38. The third-order valence-corrected chi connectivity index (χ3v) is 5.25. The molecule has 1 amide bonds. The number of hydrogen-bond donors (Lipinski definition) is 0. The van der Waals surface area contributed by atoms with Gasteiger partial charge in [0.05, 0.1) is 12.7 Å². The Morgan fingerprint density at radius 1 is 1.21 bits per heavy atom. The molecule has 0 aliphatic carbocycles. The SMILES string of the molecule is COc1ccccc1-c1noc(C2CCC(=O)N2Cc2cc(C)ccc2C)n1. The van der Waals surface area contributed by atoms with Gasteiger partial charge in [-0.3, -0.25) is 4.79 Å². The summed E-state index contributed by atoms with van der Waals surface area (Å²) in [5.41, 5.74) is 4.26. The minimum absolute atomic E-state index is 0.114. The number of methoxy groups -OCH3 is 1. The summed E-state index contributed by atoms with van der Waals surface area (Å²) in [6.45, 7) is 4.67. The minimum atomic E-state index is -0.205. The lowest BCUT2D eigenvalue weighted by atomic mass is 10.0. The summed E-state index contributed by atoms with van der Waals surface area (Å²) in [5, 5.41) is 4.13. The van der Waals surface area contributed by atoms with Crippen molar-refractivity contribution >= 4 is 5.91 Å². The molecule has 0 bridgehead atoms. The van der Waals surface area contributed by atoms with Crippen molar-refractivity contribution in [2.24, 2.45) is 0 Å². The molecular weight excluding hydrogens is 354 g/mol. The maximum absolute atomic E-state index is 12.6. The molecule has 0 N–H and O–H groups in total. The van der Waals surface area contributed by atoms with Crippen LogP contribution in [0, 0.1) is 13.8 Å². The summed E-state index contributed by atoms with van der Waals surface area (Å²) in [6, 6.07) is 13.6. The number of para-hydroxylation sites is 1. The van der Waals surface area contributed by atoms with Gasteiger partial charge in [-0.25, -0.2) is 0 Å². The van der Waals surface area contributed by atoms with Crippen molar-refractivity contribution in [1.82, 2.24) is 15.0 Å². The van der Waals surface area contributed by atoms with Gasteiger partial charge >= 0.3 is 0 Å². The van der Waals surface area contributed by atoms with Crippen molar-refractivity contribution in [2.45, 2.75) is 39.3 Å². The van der Waals surface area contributed by atoms with Crippen molar-refractivity contribution in [3.63, 3.8) is 0 Å². The summed E-state index contributed by atoms with van der Waals surface area (Å²) in [7, 11) is 1.61. The van der Waals surface area contributed by atoms with E-state index in [1.54, 1.807) is 7.11 Å². The molecule has 1 unspecified atom stereocenters. The Morgan fingerprint density at radius 2 is 2.04 bits per heavy atom. The molecule has 1 aliphatic heterocycles. The molecule has 1 fully saturated rings. The molecule has 0 saturated carbocycles. The first kappa shape index (κ1) is 18.2. The zero-order valence-corrected chi connectivity index (χ0v) is 16.3. The number of aromatic nitrogens is 2. The van der Waals surface area contributed by atoms with Crippen molar-refractivity contribution in [1.29, 1.82) is 0 Å². The van der Waals surface area contributed by atoms with E-state index < -0.39 is 0 Å². The van der Waals surface area contributed by atoms with Crippen LogP contribution in [0.1, 0.15) is 41.5 Å². The first-order valence-electron chi connectivity index (χ1n) is 9.39. The number of likely N-dealkylation sites (tertiary alicyclic amines) is 1. The fraction of sp³-hybridized carbons (Fsp3) is 0.318. The molecule has 144 valence electrons. The average molecular weight is 377 g/mol. The molecule has 2 heterocycles. The highest BCUT2D eigenvalue weighted by Crippen LogP contribution is 2.35. The number of amides is 1. The van der Waals surface area contributed by atoms with Crippen LogP contribution < -0.4 is 4.74 Å². The van der Waals surface area contributed by atoms with Gasteiger partial charge in [0.1, 0.15) is 11.8 Å². The number of aryl methyl sites for hydroxylation is 2. The Hall–Kier alpha value is -3.15. The van der Waals surface area contributed by atoms with Gasteiger partial charge in [-0.1, -0.05) is 41.1 Å². The molecule has 1 saturated heterocycles. The molecule has 1 aliphatic rings. The molecule has 1 aromatic heterocycles. The summed E-state index contributed by atoms with van der Waals surface area (Å²) >= 11 is 0. The highest BCUT2D eigenvalue weighted by atomic mass is 16.5. The van der Waals surface area contributed by atoms with E-state index in [2.05, 4.69) is 42.2 Å². The van der Waals surface area contributed by atoms with Crippen LogP contribution in [-0.4, -0.2) is 28.1 Å². The first-order valence-corrected chi connectivity index (χ1v) is 9.39. The highest BCUT2D eigenvalue weighted by Gasteiger charge is 2.36. The topological polar surface area (TPSA) is 68.5 Å². The summed E-state index contributed by atoms with van der Waals surface area (Å²) in [4.78, 5) is 19.0. The fourth-order valence-electron chi connectivity index (χ4n) is 3.65. The number of benzene rings is 2. The van der Waals surface area contributed by atoms with Crippen LogP contribution in [0.5, 0.6) is 5.75 Å². The van der Waals surface area contributed by atoms with Gasteiger partial charge < -0.3 is 14.2 Å². The predicted molar refractivity (Wildman–Crippen MR) is 105 cm³/mol. The molecular formula is C22H23N3O3. The molecule has 2 aromatic carbocycles. The van der Waals surface area contributed by atoms with Crippen LogP contribution in [-0.2, 0) is 11.3 Å². The van der Waals surface area contributed by atoms with Crippen molar-refractivity contribution < 1.29 is 14.1 Å². The molecule has 6 heteroatoms. The Labute approximate surface area is 164 Å². The molecule has 3 aromatic rings. The van der Waals surface area contributed by atoms with Crippen molar-refractivity contribution in [3.05, 3.63) is 65.0 Å². The van der Waals surface area contributed by atoms with E-state index >= 15 is 0 Å². The molecule has 0 spiro atoms. The van der Waals surface area contributed by atoms with E-state index in [9.17, 15) is 4.79 Å². The van der Waals surface area contributed by atoms with E-state index in [-0.39, 0.29) is 11.9 Å². The van der Waals surface area contributed by atoms with Gasteiger partial charge in [-0.05, 0) is 43.5 Å². The summed E-state index contributed by atoms with van der Waals surface area (Å²) in [5.74, 6) is 1.74. The highest BCUT2D eigenvalue weighted by molar-refractivity contribution is 5.79. The Bertz CT molecular complexity index is 1010. The summed E-state index contributed by atoms with van der Waals surface area (Å²) in [6.07, 6.45) is 1.17. The van der Waals surface area contributed by atoms with E-state index in [4.69, 9.17) is 9.26 Å². The van der Waals surface area contributed by atoms with E-state index in [1.807, 2.05) is 29.2 Å². The number of hydrogen-bond acceptors (Lipinski definition) is 5. The van der Waals surface area contributed by atoms with E-state index in [1.165, 1.54) is 11.1 Å². The number of carbonyl (C=O) groups excluding carboxylic acids is 1. The fourth-order valence-corrected chi connectivity index (χ4v) is 3.65. The number of ether oxygens (including phenoxy) is 1. The number of carbonyl (C=O) groups is 1. The predicted octanol–water partition coefficient (Wildman–Crippen LogP) is 4.23. The lowest BCUT2D eigenvalue weighted by molar-refractivity contribution is -0.130. The smallest absolute Gasteiger partial charge is 0.249 e. The molecule has 28 heavy (non-hydrogen) atoms. The maximum Gasteiger partial charge on any atom is 0.249 e. The van der Waals surface area contributed by atoms with Gasteiger partial charge in [0.15, 0.2) is 0 Å². The first-order chi connectivity index (χ1) is 13.6. The quantitative estimate of drug-likeness (QED) is 0.666. The van der Waals surface area contributed by atoms with Gasteiger partial charge in [0.2, 0.25) is 17.6 Å². The molecule has 4 rings (SSSR count). The second-order valence-electron chi connectivity index (χ2n) is 7.16. The Morgan fingerprint density at radius 3 is 2.86 bits per heavy atom. The van der Waals surface area contributed by atoms with Crippen molar-refractivity contribution in [2.75, 3.05) is 7.11 Å². The van der Waals surface area contributed by atoms with Gasteiger partial charge in [0.25, 0.3) is 0 Å². The average Bonchev–Trinajstić information content (AvgIpc) is 3.32. The number of rotatable bonds is 5. The van der Waals surface area contributed by atoms with Gasteiger partial charge in [-0.15, -0.1) is 0 Å². The molecule has 0 radical (unpaired) electrons. The normalized spacial score (nSPS) is 16.6. The van der Waals surface area contributed by atoms with Crippen LogP contribution in [0.15, 0.2) is 47.0 Å². The third-order valence-electron chi connectivity index (χ3n) is 5.25. The van der Waals surface area contributed by atoms with Crippen LogP contribution >= 0.6 is 0 Å². The largest absolute Gasteiger partial charge is 0.496 e. The summed E-state index contributed by atoms with van der Waals surface area (Å²) < 4.78 is 11.0. The van der Waals surface area contributed by atoms with Crippen LogP contribution in [0.25, 0.3) is 11.4 Å². The van der Waals surface area contributed by atoms with Gasteiger partial charge in [-0.2, -0.15) is 4.98 Å². The zero-order chi connectivity index (χ0) is 19.7. The zero-order valence-electron chi connectivity index (χ0n) is 16.3. The Kier molecular flexibility index (Phi) is 4.86. The second kappa shape index (κ2) is 7.46. The number of nitrogens with zero attached hydrogens (tertiary/aromatic N) is 3. The standard InChI is InChI=1S/C22H23N3O3/c1-14-8-9-15(2)16(12-14)13-25-18(10-11-20(25)26)22-23-21(24-28-22)17-6-4-5-7-19(17)27-3/h4-9,12,18H,10-11,13H2,1-3H3. The van der Waals surface area contributed by atoms with Gasteiger partial charge in [0, 0.05) is 13.0 Å². The van der Waals surface area contributed by atoms with Crippen LogP contribution in [0.4, 0.5) is 0 Å². The van der Waals surface area contributed by atoms with Crippen LogP contribution in [0.3, 0.4) is 0 Å². The monoisotopic (exact) mass is 377 g/mol. The minimum Gasteiger partial charge on any atom is -0.496 e. The van der Waals surface area contributed by atoms with Crippen molar-refractivity contribution in [3.8, 4) is 17.1 Å². The van der Waals surface area contributed by atoms with Crippen LogP contribution in [0.2, 0.25) is 0 Å². The lowest BCUT2D eigenvalue weighted by Gasteiger charge is -2.23. The second-order valence-corrected chi connectivity index (χ2v) is 7.16.